The van der Waals surface area contributed by atoms with Crippen molar-refractivity contribution in [3.63, 3.8) is 0 Å². The van der Waals surface area contributed by atoms with E-state index < -0.39 is 23.4 Å². The number of hydrogen-bond acceptors (Lipinski definition) is 8. The maximum absolute atomic E-state index is 13.0. The van der Waals surface area contributed by atoms with E-state index >= 15 is 0 Å². The van der Waals surface area contributed by atoms with Crippen LogP contribution in [0.25, 0.3) is 11.4 Å². The van der Waals surface area contributed by atoms with Gasteiger partial charge in [0.1, 0.15) is 5.54 Å². The van der Waals surface area contributed by atoms with Gasteiger partial charge in [0.2, 0.25) is 5.91 Å². The fourth-order valence-electron chi connectivity index (χ4n) is 3.49. The Morgan fingerprint density at radius 1 is 1.15 bits per heavy atom. The van der Waals surface area contributed by atoms with Gasteiger partial charge in [-0.1, -0.05) is 42.1 Å². The number of hydrazine groups is 1. The molecule has 2 N–H and O–H groups in total. The van der Waals surface area contributed by atoms with E-state index in [2.05, 4.69) is 25.9 Å². The highest BCUT2D eigenvalue weighted by Crippen LogP contribution is 2.28. The molecule has 1 saturated heterocycles. The summed E-state index contributed by atoms with van der Waals surface area (Å²) in [6.45, 7) is 2.51. The van der Waals surface area contributed by atoms with Crippen molar-refractivity contribution in [2.75, 3.05) is 19.5 Å². The molecule has 1 aliphatic heterocycles. The Balaban J connectivity index is 1.44. The quantitative estimate of drug-likeness (QED) is 0.348. The minimum absolute atomic E-state index is 0.0828. The van der Waals surface area contributed by atoms with Crippen molar-refractivity contribution >= 4 is 29.6 Å². The molecular weight excluding hydrogens is 458 g/mol. The average Bonchev–Trinajstić information content (AvgIpc) is 3.36. The molecular formula is C22H23N7O4S. The number of nitrogens with one attached hydrogen (secondary N) is 2. The molecule has 11 nitrogen and oxygen atoms in total. The Morgan fingerprint density at radius 3 is 2.59 bits per heavy atom. The van der Waals surface area contributed by atoms with Crippen LogP contribution < -0.4 is 10.7 Å². The highest BCUT2D eigenvalue weighted by Gasteiger charge is 2.49. The summed E-state index contributed by atoms with van der Waals surface area (Å²) in [5.74, 6) is -0.557. The zero-order valence-corrected chi connectivity index (χ0v) is 19.4. The van der Waals surface area contributed by atoms with Crippen LogP contribution in [0.15, 0.2) is 60.0 Å². The molecule has 3 heterocycles. The van der Waals surface area contributed by atoms with Gasteiger partial charge in [-0.05, 0) is 24.6 Å². The monoisotopic (exact) mass is 481 g/mol. The zero-order valence-electron chi connectivity index (χ0n) is 18.6. The number of pyridine rings is 1. The predicted octanol–water partition coefficient (Wildman–Crippen LogP) is 1.58. The Morgan fingerprint density at radius 2 is 1.88 bits per heavy atom. The molecule has 4 amide bonds. The molecule has 1 aliphatic rings. The van der Waals surface area contributed by atoms with Gasteiger partial charge in [-0.2, -0.15) is 5.01 Å². The van der Waals surface area contributed by atoms with Crippen LogP contribution >= 0.6 is 11.8 Å². The maximum atomic E-state index is 13.0. The second kappa shape index (κ2) is 10.0. The molecule has 176 valence electrons. The largest absolute Gasteiger partial charge is 0.383 e. The molecule has 1 aromatic carbocycles. The minimum atomic E-state index is -1.27. The molecule has 4 rings (SSSR count). The SMILES string of the molecule is COCCn1c(SCC(=O)NN2C(=O)NC(C)(c3ccccc3)C2=O)nnc1-c1ccncc1. The van der Waals surface area contributed by atoms with Gasteiger partial charge in [0.05, 0.1) is 18.9 Å². The summed E-state index contributed by atoms with van der Waals surface area (Å²) in [7, 11) is 1.60. The number of aromatic nitrogens is 4. The van der Waals surface area contributed by atoms with Crippen LogP contribution in [0.1, 0.15) is 12.5 Å². The topological polar surface area (TPSA) is 131 Å². The standard InChI is InChI=1S/C22H23N7O4S/c1-22(16-6-4-3-5-7-16)19(31)29(20(32)24-22)27-17(30)14-34-21-26-25-18(28(21)12-13-33-2)15-8-10-23-11-9-15/h3-11H,12-14H2,1-2H3,(H,24,32)(H,27,30). The summed E-state index contributed by atoms with van der Waals surface area (Å²) >= 11 is 1.14. The second-order valence-corrected chi connectivity index (χ2v) is 8.51. The number of carbonyl (C=O) groups excluding carboxylic acids is 3. The summed E-state index contributed by atoms with van der Waals surface area (Å²) in [4.78, 5) is 42.0. The van der Waals surface area contributed by atoms with E-state index in [0.29, 0.717) is 34.7 Å². The molecule has 0 radical (unpaired) electrons. The Hall–Kier alpha value is -3.77. The van der Waals surface area contributed by atoms with E-state index in [0.717, 1.165) is 17.3 Å². The first-order chi connectivity index (χ1) is 16.4. The summed E-state index contributed by atoms with van der Waals surface area (Å²) < 4.78 is 7.03. The number of carbonyl (C=O) groups is 3. The molecule has 1 atom stereocenters. The summed E-state index contributed by atoms with van der Waals surface area (Å²) in [5, 5.41) is 12.3. The average molecular weight is 482 g/mol. The normalized spacial score (nSPS) is 17.6. The number of benzene rings is 1. The summed E-state index contributed by atoms with van der Waals surface area (Å²) in [6, 6.07) is 11.8. The van der Waals surface area contributed by atoms with Gasteiger partial charge in [0.25, 0.3) is 5.91 Å². The molecule has 1 unspecified atom stereocenters. The van der Waals surface area contributed by atoms with Crippen molar-refractivity contribution in [1.82, 2.24) is 35.5 Å². The van der Waals surface area contributed by atoms with Gasteiger partial charge >= 0.3 is 6.03 Å². The molecule has 0 spiro atoms. The number of urea groups is 1. The van der Waals surface area contributed by atoms with Gasteiger partial charge in [-0.3, -0.25) is 24.6 Å². The predicted molar refractivity (Wildman–Crippen MR) is 123 cm³/mol. The van der Waals surface area contributed by atoms with Crippen LogP contribution in [-0.4, -0.2) is 62.1 Å². The van der Waals surface area contributed by atoms with Gasteiger partial charge in [0.15, 0.2) is 11.0 Å². The van der Waals surface area contributed by atoms with E-state index in [9.17, 15) is 14.4 Å². The third kappa shape index (κ3) is 4.63. The number of ether oxygens (including phenoxy) is 1. The lowest BCUT2D eigenvalue weighted by molar-refractivity contribution is -0.138. The molecule has 1 fully saturated rings. The van der Waals surface area contributed by atoms with Crippen molar-refractivity contribution in [1.29, 1.82) is 0 Å². The summed E-state index contributed by atoms with van der Waals surface area (Å²) in [6.07, 6.45) is 3.32. The van der Waals surface area contributed by atoms with E-state index in [4.69, 9.17) is 4.74 Å². The molecule has 34 heavy (non-hydrogen) atoms. The van der Waals surface area contributed by atoms with Crippen LogP contribution in [0.2, 0.25) is 0 Å². The number of amides is 4. The van der Waals surface area contributed by atoms with Crippen LogP contribution in [0, 0.1) is 0 Å². The third-order valence-electron chi connectivity index (χ3n) is 5.29. The van der Waals surface area contributed by atoms with Gasteiger partial charge in [-0.15, -0.1) is 10.2 Å². The van der Waals surface area contributed by atoms with Crippen molar-refractivity contribution in [2.45, 2.75) is 24.2 Å². The van der Waals surface area contributed by atoms with Gasteiger partial charge in [-0.25, -0.2) is 4.79 Å². The number of imide groups is 1. The molecule has 12 heteroatoms. The van der Waals surface area contributed by atoms with Gasteiger partial charge in [0, 0.05) is 25.1 Å². The third-order valence-corrected chi connectivity index (χ3v) is 6.25. The fourth-order valence-corrected chi connectivity index (χ4v) is 4.25. The molecule has 0 saturated carbocycles. The minimum Gasteiger partial charge on any atom is -0.383 e. The zero-order chi connectivity index (χ0) is 24.1. The van der Waals surface area contributed by atoms with Crippen molar-refractivity contribution < 1.29 is 19.1 Å². The number of methoxy groups -OCH3 is 1. The Kier molecular flexibility index (Phi) is 6.89. The second-order valence-electron chi connectivity index (χ2n) is 7.57. The lowest BCUT2D eigenvalue weighted by Gasteiger charge is -2.22. The van der Waals surface area contributed by atoms with Crippen molar-refractivity contribution in [2.24, 2.45) is 0 Å². The maximum Gasteiger partial charge on any atom is 0.344 e. The smallest absolute Gasteiger partial charge is 0.344 e. The number of thioether (sulfide) groups is 1. The lowest BCUT2D eigenvalue weighted by Crippen LogP contribution is -2.48. The van der Waals surface area contributed by atoms with E-state index in [1.807, 2.05) is 22.8 Å². The fraction of sp³-hybridized carbons (Fsp3) is 0.273. The van der Waals surface area contributed by atoms with E-state index in [1.54, 1.807) is 50.7 Å². The lowest BCUT2D eigenvalue weighted by atomic mass is 9.92. The van der Waals surface area contributed by atoms with Crippen LogP contribution in [0.5, 0.6) is 0 Å². The number of hydrogen-bond donors (Lipinski definition) is 2. The van der Waals surface area contributed by atoms with E-state index in [1.165, 1.54) is 0 Å². The first-order valence-electron chi connectivity index (χ1n) is 10.4. The molecule has 3 aromatic rings. The van der Waals surface area contributed by atoms with Gasteiger partial charge < -0.3 is 10.1 Å². The van der Waals surface area contributed by atoms with Crippen LogP contribution in [0.4, 0.5) is 4.79 Å². The molecule has 0 aliphatic carbocycles. The summed E-state index contributed by atoms with van der Waals surface area (Å²) in [5.41, 5.74) is 2.58. The molecule has 0 bridgehead atoms. The highest BCUT2D eigenvalue weighted by atomic mass is 32.2. The molecule has 2 aromatic heterocycles. The Labute approximate surface area is 199 Å². The van der Waals surface area contributed by atoms with Crippen LogP contribution in [0.3, 0.4) is 0 Å². The van der Waals surface area contributed by atoms with E-state index in [-0.39, 0.29) is 5.75 Å². The first-order valence-corrected chi connectivity index (χ1v) is 11.4. The van der Waals surface area contributed by atoms with Crippen molar-refractivity contribution in [3.05, 3.63) is 60.4 Å². The van der Waals surface area contributed by atoms with Crippen molar-refractivity contribution in [3.8, 4) is 11.4 Å². The highest BCUT2D eigenvalue weighted by molar-refractivity contribution is 7.99. The number of nitrogens with zero attached hydrogens (tertiary/aromatic N) is 5. The number of rotatable bonds is 9. The first kappa shape index (κ1) is 23.4. The Bertz CT molecular complexity index is 1190. The van der Waals surface area contributed by atoms with Crippen LogP contribution in [-0.2, 0) is 26.4 Å².